The first-order valence-electron chi connectivity index (χ1n) is 7.57. The van der Waals surface area contributed by atoms with Crippen LogP contribution in [0, 0.1) is 17.8 Å². The summed E-state index contributed by atoms with van der Waals surface area (Å²) >= 11 is 0. The molecule has 0 aliphatic carbocycles. The van der Waals surface area contributed by atoms with Crippen LogP contribution in [0.1, 0.15) is 38.8 Å². The second kappa shape index (κ2) is 8.71. The third kappa shape index (κ3) is 5.79. The van der Waals surface area contributed by atoms with Gasteiger partial charge in [-0.25, -0.2) is 0 Å². The molecule has 0 saturated carbocycles. The van der Waals surface area contributed by atoms with Crippen LogP contribution < -0.4 is 10.5 Å². The number of benzene rings is 1. The van der Waals surface area contributed by atoms with Gasteiger partial charge in [0.25, 0.3) is 0 Å². The SMILES string of the molecule is COc1ccc(C#CCN)c(CN(CC(C)C)C(C)C)c1. The van der Waals surface area contributed by atoms with Crippen molar-refractivity contribution in [2.45, 2.75) is 40.3 Å². The van der Waals surface area contributed by atoms with E-state index in [1.807, 2.05) is 12.1 Å². The number of hydrogen-bond acceptors (Lipinski definition) is 3. The molecule has 0 aromatic heterocycles. The van der Waals surface area contributed by atoms with Gasteiger partial charge < -0.3 is 10.5 Å². The molecule has 0 aliphatic heterocycles. The van der Waals surface area contributed by atoms with Crippen LogP contribution in [-0.2, 0) is 6.54 Å². The van der Waals surface area contributed by atoms with Crippen molar-refractivity contribution in [2.24, 2.45) is 11.7 Å². The number of hydrogen-bond donors (Lipinski definition) is 1. The minimum atomic E-state index is 0.380. The largest absolute Gasteiger partial charge is 0.497 e. The topological polar surface area (TPSA) is 38.5 Å². The molecule has 0 amide bonds. The summed E-state index contributed by atoms with van der Waals surface area (Å²) in [6.45, 7) is 11.3. The summed E-state index contributed by atoms with van der Waals surface area (Å²) in [6.07, 6.45) is 0. The summed E-state index contributed by atoms with van der Waals surface area (Å²) in [4.78, 5) is 2.47. The summed E-state index contributed by atoms with van der Waals surface area (Å²) in [5.41, 5.74) is 7.73. The lowest BCUT2D eigenvalue weighted by molar-refractivity contribution is 0.189. The smallest absolute Gasteiger partial charge is 0.119 e. The number of ether oxygens (including phenoxy) is 1. The van der Waals surface area contributed by atoms with Crippen molar-refractivity contribution < 1.29 is 4.74 Å². The summed E-state index contributed by atoms with van der Waals surface area (Å²) in [6, 6.07) is 6.54. The Morgan fingerprint density at radius 3 is 2.48 bits per heavy atom. The highest BCUT2D eigenvalue weighted by Gasteiger charge is 2.14. The number of nitrogens with two attached hydrogens (primary N) is 1. The van der Waals surface area contributed by atoms with Crippen LogP contribution >= 0.6 is 0 Å². The third-order valence-corrected chi connectivity index (χ3v) is 3.34. The predicted molar refractivity (Wildman–Crippen MR) is 89.3 cm³/mol. The zero-order valence-corrected chi connectivity index (χ0v) is 13.9. The van der Waals surface area contributed by atoms with E-state index in [0.29, 0.717) is 18.5 Å². The molecule has 3 nitrogen and oxygen atoms in total. The second-order valence-electron chi connectivity index (χ2n) is 5.95. The molecule has 0 bridgehead atoms. The van der Waals surface area contributed by atoms with Crippen molar-refractivity contribution in [3.05, 3.63) is 29.3 Å². The molecule has 3 heteroatoms. The molecule has 0 heterocycles. The van der Waals surface area contributed by atoms with E-state index in [-0.39, 0.29) is 0 Å². The van der Waals surface area contributed by atoms with E-state index < -0.39 is 0 Å². The van der Waals surface area contributed by atoms with Gasteiger partial charge in [-0.05, 0) is 43.5 Å². The molecule has 116 valence electrons. The molecule has 0 atom stereocenters. The summed E-state index contributed by atoms with van der Waals surface area (Å²) in [7, 11) is 1.69. The molecule has 0 aliphatic rings. The van der Waals surface area contributed by atoms with Crippen LogP contribution in [0.15, 0.2) is 18.2 Å². The van der Waals surface area contributed by atoms with Crippen LogP contribution in [0.25, 0.3) is 0 Å². The van der Waals surface area contributed by atoms with Gasteiger partial charge >= 0.3 is 0 Å². The van der Waals surface area contributed by atoms with Crippen LogP contribution in [0.2, 0.25) is 0 Å². The maximum absolute atomic E-state index is 5.49. The summed E-state index contributed by atoms with van der Waals surface area (Å²) in [5, 5.41) is 0. The fourth-order valence-electron chi connectivity index (χ4n) is 2.24. The van der Waals surface area contributed by atoms with E-state index in [0.717, 1.165) is 24.4 Å². The molecular formula is C18H28N2O. The Balaban J connectivity index is 3.06. The lowest BCUT2D eigenvalue weighted by Gasteiger charge is -2.28. The first-order chi connectivity index (χ1) is 9.97. The Morgan fingerprint density at radius 2 is 1.95 bits per heavy atom. The summed E-state index contributed by atoms with van der Waals surface area (Å²) < 4.78 is 5.35. The van der Waals surface area contributed by atoms with Crippen LogP contribution in [0.5, 0.6) is 5.75 Å². The number of methoxy groups -OCH3 is 1. The molecule has 0 spiro atoms. The Morgan fingerprint density at radius 1 is 1.24 bits per heavy atom. The van der Waals surface area contributed by atoms with E-state index >= 15 is 0 Å². The van der Waals surface area contributed by atoms with Gasteiger partial charge in [-0.2, -0.15) is 0 Å². The number of nitrogens with zero attached hydrogens (tertiary/aromatic N) is 1. The lowest BCUT2D eigenvalue weighted by atomic mass is 10.0. The van der Waals surface area contributed by atoms with E-state index in [1.165, 1.54) is 5.56 Å². The van der Waals surface area contributed by atoms with Crippen molar-refractivity contribution in [3.63, 3.8) is 0 Å². The Hall–Kier alpha value is -1.50. The molecule has 1 aromatic rings. The van der Waals surface area contributed by atoms with Gasteiger partial charge in [0.2, 0.25) is 0 Å². The van der Waals surface area contributed by atoms with Crippen molar-refractivity contribution >= 4 is 0 Å². The zero-order valence-electron chi connectivity index (χ0n) is 13.9. The molecule has 1 rings (SSSR count). The Kier molecular flexibility index (Phi) is 7.28. The second-order valence-corrected chi connectivity index (χ2v) is 5.95. The van der Waals surface area contributed by atoms with Crippen LogP contribution in [0.3, 0.4) is 0 Å². The highest BCUT2D eigenvalue weighted by molar-refractivity contribution is 5.45. The van der Waals surface area contributed by atoms with E-state index in [4.69, 9.17) is 10.5 Å². The van der Waals surface area contributed by atoms with E-state index in [9.17, 15) is 0 Å². The first kappa shape index (κ1) is 17.6. The van der Waals surface area contributed by atoms with Gasteiger partial charge in [0, 0.05) is 24.7 Å². The molecule has 0 radical (unpaired) electrons. The van der Waals surface area contributed by atoms with Gasteiger partial charge in [-0.1, -0.05) is 25.7 Å². The molecule has 2 N–H and O–H groups in total. The van der Waals surface area contributed by atoms with Gasteiger partial charge in [-0.3, -0.25) is 4.90 Å². The molecular weight excluding hydrogens is 260 g/mol. The van der Waals surface area contributed by atoms with Crippen molar-refractivity contribution in [1.82, 2.24) is 4.90 Å². The molecule has 0 saturated heterocycles. The van der Waals surface area contributed by atoms with E-state index in [1.54, 1.807) is 7.11 Å². The van der Waals surface area contributed by atoms with Crippen molar-refractivity contribution in [2.75, 3.05) is 20.2 Å². The van der Waals surface area contributed by atoms with Gasteiger partial charge in [0.05, 0.1) is 13.7 Å². The van der Waals surface area contributed by atoms with Gasteiger partial charge in [-0.15, -0.1) is 0 Å². The van der Waals surface area contributed by atoms with Crippen LogP contribution in [0.4, 0.5) is 0 Å². The average Bonchev–Trinajstić information content (AvgIpc) is 2.44. The lowest BCUT2D eigenvalue weighted by Crippen LogP contribution is -2.33. The quantitative estimate of drug-likeness (QED) is 0.818. The fourth-order valence-corrected chi connectivity index (χ4v) is 2.24. The monoisotopic (exact) mass is 288 g/mol. The molecule has 21 heavy (non-hydrogen) atoms. The highest BCUT2D eigenvalue weighted by atomic mass is 16.5. The summed E-state index contributed by atoms with van der Waals surface area (Å²) in [5.74, 6) is 7.62. The zero-order chi connectivity index (χ0) is 15.8. The van der Waals surface area contributed by atoms with Crippen molar-refractivity contribution in [3.8, 4) is 17.6 Å². The van der Waals surface area contributed by atoms with Gasteiger partial charge in [0.15, 0.2) is 0 Å². The Labute approximate surface area is 129 Å². The standard InChI is InChI=1S/C18H28N2O/c1-14(2)12-20(15(3)4)13-17-11-18(21-5)9-8-16(17)7-6-10-19/h8-9,11,14-15H,10,12-13,19H2,1-5H3. The van der Waals surface area contributed by atoms with E-state index in [2.05, 4.69) is 50.5 Å². The normalized spacial score (nSPS) is 10.9. The van der Waals surface area contributed by atoms with Gasteiger partial charge in [0.1, 0.15) is 5.75 Å². The molecule has 0 fully saturated rings. The third-order valence-electron chi connectivity index (χ3n) is 3.34. The number of rotatable bonds is 6. The Bertz CT molecular complexity index is 498. The minimum absolute atomic E-state index is 0.380. The fraction of sp³-hybridized carbons (Fsp3) is 0.556. The highest BCUT2D eigenvalue weighted by Crippen LogP contribution is 2.20. The van der Waals surface area contributed by atoms with Crippen molar-refractivity contribution in [1.29, 1.82) is 0 Å². The van der Waals surface area contributed by atoms with Crippen LogP contribution in [-0.4, -0.2) is 31.1 Å². The maximum atomic E-state index is 5.49. The minimum Gasteiger partial charge on any atom is -0.497 e. The maximum Gasteiger partial charge on any atom is 0.119 e. The predicted octanol–water partition coefficient (Wildman–Crippen LogP) is 2.87. The molecule has 1 aromatic carbocycles. The molecule has 0 unspecified atom stereocenters. The average molecular weight is 288 g/mol. The first-order valence-corrected chi connectivity index (χ1v) is 7.57.